The minimum absolute atomic E-state index is 0.241. The second-order valence-electron chi connectivity index (χ2n) is 5.29. The summed E-state index contributed by atoms with van der Waals surface area (Å²) >= 11 is 1.21. The van der Waals surface area contributed by atoms with Crippen LogP contribution in [0.5, 0.6) is 0 Å². The maximum absolute atomic E-state index is 10.6. The van der Waals surface area contributed by atoms with Crippen molar-refractivity contribution in [2.24, 2.45) is 11.3 Å². The fourth-order valence-corrected chi connectivity index (χ4v) is 3.32. The van der Waals surface area contributed by atoms with Crippen LogP contribution in [0.25, 0.3) is 0 Å². The van der Waals surface area contributed by atoms with Crippen LogP contribution < -0.4 is 5.32 Å². The van der Waals surface area contributed by atoms with Crippen LogP contribution in [0.3, 0.4) is 0 Å². The fourth-order valence-electron chi connectivity index (χ4n) is 2.59. The molecule has 2 aliphatic carbocycles. The molecule has 0 aromatic carbocycles. The van der Waals surface area contributed by atoms with Gasteiger partial charge in [-0.2, -0.15) is 0 Å². The lowest BCUT2D eigenvalue weighted by Gasteiger charge is -2.14. The van der Waals surface area contributed by atoms with Gasteiger partial charge >= 0.3 is 5.00 Å². The van der Waals surface area contributed by atoms with Gasteiger partial charge < -0.3 is 5.32 Å². The first-order valence-electron chi connectivity index (χ1n) is 6.12. The van der Waals surface area contributed by atoms with Gasteiger partial charge in [-0.25, -0.2) is 0 Å². The number of nitro groups is 1. The zero-order valence-electron chi connectivity index (χ0n) is 9.65. The standard InChI is InChI=1S/C12H16N2O2S/c15-14(16)11-5-9(7-17-11)6-13-8-12(3-4-12)10-1-2-10/h5,7,10,13H,1-4,6,8H2. The summed E-state index contributed by atoms with van der Waals surface area (Å²) in [7, 11) is 0. The van der Waals surface area contributed by atoms with Gasteiger partial charge in [0.05, 0.1) is 4.92 Å². The van der Waals surface area contributed by atoms with Gasteiger partial charge in [0.2, 0.25) is 0 Å². The predicted octanol–water partition coefficient (Wildman–Crippen LogP) is 2.94. The minimum atomic E-state index is -0.319. The quantitative estimate of drug-likeness (QED) is 0.625. The third-order valence-electron chi connectivity index (χ3n) is 3.96. The maximum atomic E-state index is 10.6. The number of hydrogen-bond acceptors (Lipinski definition) is 4. The van der Waals surface area contributed by atoms with Crippen molar-refractivity contribution < 1.29 is 4.92 Å². The smallest absolute Gasteiger partial charge is 0.312 e. The van der Waals surface area contributed by atoms with Crippen LogP contribution in [0.2, 0.25) is 0 Å². The molecule has 0 spiro atoms. The number of nitrogens with zero attached hydrogens (tertiary/aromatic N) is 1. The van der Waals surface area contributed by atoms with E-state index in [-0.39, 0.29) is 9.92 Å². The SMILES string of the molecule is O=[N+]([O-])c1cc(CNCC2(C3CC3)CC2)cs1. The normalized spacial score (nSPS) is 21.4. The minimum Gasteiger partial charge on any atom is -0.312 e. The number of rotatable bonds is 6. The van der Waals surface area contributed by atoms with Gasteiger partial charge in [-0.15, -0.1) is 0 Å². The van der Waals surface area contributed by atoms with Crippen LogP contribution in [0, 0.1) is 21.4 Å². The highest BCUT2D eigenvalue weighted by Gasteiger charge is 2.53. The van der Waals surface area contributed by atoms with Gasteiger partial charge in [-0.1, -0.05) is 11.3 Å². The molecule has 0 saturated heterocycles. The Morgan fingerprint density at radius 2 is 2.29 bits per heavy atom. The topological polar surface area (TPSA) is 55.2 Å². The Morgan fingerprint density at radius 3 is 2.82 bits per heavy atom. The van der Waals surface area contributed by atoms with Crippen molar-refractivity contribution in [1.82, 2.24) is 5.32 Å². The second kappa shape index (κ2) is 4.07. The highest BCUT2D eigenvalue weighted by atomic mass is 32.1. The Kier molecular flexibility index (Phi) is 2.67. The molecule has 4 nitrogen and oxygen atoms in total. The Bertz CT molecular complexity index is 435. The first-order valence-corrected chi connectivity index (χ1v) is 7.00. The Labute approximate surface area is 104 Å². The van der Waals surface area contributed by atoms with Crippen LogP contribution in [0.1, 0.15) is 31.2 Å². The van der Waals surface area contributed by atoms with Gasteiger partial charge in [-0.3, -0.25) is 10.1 Å². The lowest BCUT2D eigenvalue weighted by atomic mass is 10.0. The van der Waals surface area contributed by atoms with Gasteiger partial charge in [-0.05, 0) is 42.6 Å². The molecule has 1 heterocycles. The van der Waals surface area contributed by atoms with Crippen molar-refractivity contribution in [3.63, 3.8) is 0 Å². The van der Waals surface area contributed by atoms with E-state index in [0.717, 1.165) is 24.6 Å². The van der Waals surface area contributed by atoms with Crippen molar-refractivity contribution >= 4 is 16.3 Å². The molecule has 0 unspecified atom stereocenters. The Balaban J connectivity index is 1.48. The van der Waals surface area contributed by atoms with Gasteiger partial charge in [0.15, 0.2) is 0 Å². The van der Waals surface area contributed by atoms with Crippen LogP contribution in [0.4, 0.5) is 5.00 Å². The monoisotopic (exact) mass is 252 g/mol. The molecule has 1 N–H and O–H groups in total. The van der Waals surface area contributed by atoms with E-state index in [2.05, 4.69) is 5.32 Å². The van der Waals surface area contributed by atoms with E-state index in [9.17, 15) is 10.1 Å². The Morgan fingerprint density at radius 1 is 1.53 bits per heavy atom. The third kappa shape index (κ3) is 2.35. The third-order valence-corrected chi connectivity index (χ3v) is 4.89. The molecule has 0 bridgehead atoms. The van der Waals surface area contributed by atoms with Crippen molar-refractivity contribution in [2.45, 2.75) is 32.2 Å². The highest BCUT2D eigenvalue weighted by molar-refractivity contribution is 7.13. The van der Waals surface area contributed by atoms with Crippen molar-refractivity contribution in [3.8, 4) is 0 Å². The first-order chi connectivity index (χ1) is 8.20. The Hall–Kier alpha value is -0.940. The van der Waals surface area contributed by atoms with Gasteiger partial charge in [0, 0.05) is 24.5 Å². The summed E-state index contributed by atoms with van der Waals surface area (Å²) in [6, 6.07) is 1.67. The zero-order chi connectivity index (χ0) is 11.9. The number of nitrogens with one attached hydrogen (secondary N) is 1. The van der Waals surface area contributed by atoms with E-state index in [0.29, 0.717) is 5.41 Å². The molecule has 17 heavy (non-hydrogen) atoms. The molecular weight excluding hydrogens is 236 g/mol. The summed E-state index contributed by atoms with van der Waals surface area (Å²) in [4.78, 5) is 10.2. The van der Waals surface area contributed by atoms with Crippen LogP contribution in [0.15, 0.2) is 11.4 Å². The average Bonchev–Trinajstić information content (AvgIpc) is 3.17. The second-order valence-corrected chi connectivity index (χ2v) is 6.18. The zero-order valence-corrected chi connectivity index (χ0v) is 10.5. The van der Waals surface area contributed by atoms with Crippen molar-refractivity contribution in [2.75, 3.05) is 6.54 Å². The molecule has 2 fully saturated rings. The van der Waals surface area contributed by atoms with Crippen molar-refractivity contribution in [1.29, 1.82) is 0 Å². The maximum Gasteiger partial charge on any atom is 0.324 e. The lowest BCUT2D eigenvalue weighted by molar-refractivity contribution is -0.380. The molecule has 3 rings (SSSR count). The van der Waals surface area contributed by atoms with E-state index in [1.807, 2.05) is 5.38 Å². The van der Waals surface area contributed by atoms with Gasteiger partial charge in [0.1, 0.15) is 0 Å². The summed E-state index contributed by atoms with van der Waals surface area (Å²) in [5.74, 6) is 0.965. The van der Waals surface area contributed by atoms with E-state index in [1.165, 1.54) is 37.0 Å². The van der Waals surface area contributed by atoms with Gasteiger partial charge in [0.25, 0.3) is 0 Å². The molecule has 92 valence electrons. The number of hydrogen-bond donors (Lipinski definition) is 1. The average molecular weight is 252 g/mol. The fraction of sp³-hybridized carbons (Fsp3) is 0.667. The molecule has 0 amide bonds. The summed E-state index contributed by atoms with van der Waals surface area (Å²) in [6.45, 7) is 1.85. The molecule has 1 aromatic rings. The first kappa shape index (κ1) is 11.2. The summed E-state index contributed by atoms with van der Waals surface area (Å²) in [5.41, 5.74) is 1.63. The molecule has 2 aliphatic rings. The van der Waals surface area contributed by atoms with Crippen LogP contribution >= 0.6 is 11.3 Å². The van der Waals surface area contributed by atoms with E-state index in [4.69, 9.17) is 0 Å². The van der Waals surface area contributed by atoms with E-state index in [1.54, 1.807) is 6.07 Å². The van der Waals surface area contributed by atoms with Crippen LogP contribution in [-0.4, -0.2) is 11.5 Å². The van der Waals surface area contributed by atoms with E-state index < -0.39 is 0 Å². The lowest BCUT2D eigenvalue weighted by Crippen LogP contribution is -2.24. The molecular formula is C12H16N2O2S. The summed E-state index contributed by atoms with van der Waals surface area (Å²) < 4.78 is 0. The molecule has 0 aliphatic heterocycles. The molecule has 0 atom stereocenters. The highest BCUT2D eigenvalue weighted by Crippen LogP contribution is 2.60. The summed E-state index contributed by atoms with van der Waals surface area (Å²) in [6.07, 6.45) is 5.56. The predicted molar refractivity (Wildman–Crippen MR) is 67.1 cm³/mol. The molecule has 2 saturated carbocycles. The van der Waals surface area contributed by atoms with Crippen molar-refractivity contribution in [3.05, 3.63) is 27.1 Å². The summed E-state index contributed by atoms with van der Waals surface area (Å²) in [5, 5.41) is 16.1. The molecule has 1 aromatic heterocycles. The van der Waals surface area contributed by atoms with E-state index >= 15 is 0 Å². The number of thiophene rings is 1. The molecule has 0 radical (unpaired) electrons. The van der Waals surface area contributed by atoms with Crippen LogP contribution in [-0.2, 0) is 6.54 Å². The largest absolute Gasteiger partial charge is 0.324 e. The molecule has 5 heteroatoms.